The molecule has 0 saturated carbocycles. The number of hydrogen-bond donors (Lipinski definition) is 1. The molecule has 2 rings (SSSR count). The first-order valence-corrected chi connectivity index (χ1v) is 6.39. The highest BCUT2D eigenvalue weighted by Crippen LogP contribution is 2.21. The highest BCUT2D eigenvalue weighted by molar-refractivity contribution is 6.06. The van der Waals surface area contributed by atoms with Crippen molar-refractivity contribution >= 4 is 17.3 Å². The molecule has 1 N–H and O–H groups in total. The minimum Gasteiger partial charge on any atom is -0.493 e. The minimum atomic E-state index is -0.510. The summed E-state index contributed by atoms with van der Waals surface area (Å²) < 4.78 is 5.39. The maximum absolute atomic E-state index is 12.2. The molecule has 2 aromatic rings. The van der Waals surface area contributed by atoms with E-state index in [2.05, 4.69) is 5.32 Å². The van der Waals surface area contributed by atoms with Gasteiger partial charge in [-0.05, 0) is 25.1 Å². The first-order valence-electron chi connectivity index (χ1n) is 6.39. The van der Waals surface area contributed by atoms with E-state index in [4.69, 9.17) is 4.74 Å². The quantitative estimate of drug-likeness (QED) is 0.675. The maximum Gasteiger partial charge on any atom is 0.271 e. The Labute approximate surface area is 121 Å². The molecule has 108 valence electrons. The van der Waals surface area contributed by atoms with E-state index in [0.717, 1.165) is 0 Å². The summed E-state index contributed by atoms with van der Waals surface area (Å²) in [5.74, 6) is 0.0995. The zero-order valence-electron chi connectivity index (χ0n) is 11.4. The number of nitro groups is 1. The van der Waals surface area contributed by atoms with E-state index in [1.54, 1.807) is 30.3 Å². The Hall–Kier alpha value is -2.89. The van der Waals surface area contributed by atoms with E-state index in [1.165, 1.54) is 18.2 Å². The van der Waals surface area contributed by atoms with Crippen LogP contribution in [-0.2, 0) is 0 Å². The van der Waals surface area contributed by atoms with Crippen molar-refractivity contribution < 1.29 is 14.5 Å². The van der Waals surface area contributed by atoms with Crippen LogP contribution in [0.15, 0.2) is 48.5 Å². The Morgan fingerprint density at radius 2 is 2.00 bits per heavy atom. The summed E-state index contributed by atoms with van der Waals surface area (Å²) in [6, 6.07) is 12.6. The van der Waals surface area contributed by atoms with Crippen LogP contribution >= 0.6 is 0 Å². The molecule has 0 radical (unpaired) electrons. The molecule has 0 bridgehead atoms. The van der Waals surface area contributed by atoms with Gasteiger partial charge in [0.05, 0.1) is 17.1 Å². The molecule has 0 spiro atoms. The number of non-ortho nitro benzene ring substituents is 1. The zero-order valence-corrected chi connectivity index (χ0v) is 11.4. The summed E-state index contributed by atoms with van der Waals surface area (Å²) in [6.07, 6.45) is 0. The van der Waals surface area contributed by atoms with Gasteiger partial charge in [-0.15, -0.1) is 0 Å². The van der Waals surface area contributed by atoms with Crippen molar-refractivity contribution in [2.75, 3.05) is 11.9 Å². The zero-order chi connectivity index (χ0) is 15.2. The lowest BCUT2D eigenvalue weighted by Gasteiger charge is -2.10. The third-order valence-corrected chi connectivity index (χ3v) is 2.75. The fourth-order valence-electron chi connectivity index (χ4n) is 1.83. The highest BCUT2D eigenvalue weighted by atomic mass is 16.6. The van der Waals surface area contributed by atoms with E-state index < -0.39 is 4.92 Å². The molecule has 0 aliphatic heterocycles. The molecule has 21 heavy (non-hydrogen) atoms. The number of para-hydroxylation sites is 1. The van der Waals surface area contributed by atoms with Gasteiger partial charge in [0.25, 0.3) is 11.6 Å². The van der Waals surface area contributed by atoms with E-state index in [1.807, 2.05) is 6.92 Å². The fraction of sp³-hybridized carbons (Fsp3) is 0.133. The van der Waals surface area contributed by atoms with Gasteiger partial charge in [-0.3, -0.25) is 14.9 Å². The average Bonchev–Trinajstić information content (AvgIpc) is 2.48. The van der Waals surface area contributed by atoms with Crippen molar-refractivity contribution in [1.29, 1.82) is 0 Å². The van der Waals surface area contributed by atoms with Crippen molar-refractivity contribution in [1.82, 2.24) is 0 Å². The van der Waals surface area contributed by atoms with Crippen molar-refractivity contribution in [3.8, 4) is 5.75 Å². The maximum atomic E-state index is 12.2. The second-order valence-electron chi connectivity index (χ2n) is 4.19. The monoisotopic (exact) mass is 286 g/mol. The molecule has 6 nitrogen and oxygen atoms in total. The van der Waals surface area contributed by atoms with Crippen LogP contribution in [0, 0.1) is 10.1 Å². The predicted octanol–water partition coefficient (Wildman–Crippen LogP) is 3.25. The normalized spacial score (nSPS) is 9.95. The van der Waals surface area contributed by atoms with Crippen molar-refractivity contribution in [2.24, 2.45) is 0 Å². The lowest BCUT2D eigenvalue weighted by molar-refractivity contribution is -0.384. The van der Waals surface area contributed by atoms with Crippen LogP contribution in [0.2, 0.25) is 0 Å². The number of hydrogen-bond acceptors (Lipinski definition) is 4. The smallest absolute Gasteiger partial charge is 0.271 e. The minimum absolute atomic E-state index is 0.0779. The number of rotatable bonds is 5. The predicted molar refractivity (Wildman–Crippen MR) is 78.7 cm³/mol. The summed E-state index contributed by atoms with van der Waals surface area (Å²) in [6.45, 7) is 2.27. The summed E-state index contributed by atoms with van der Waals surface area (Å²) in [7, 11) is 0. The number of anilines is 1. The molecule has 0 aromatic heterocycles. The third-order valence-electron chi connectivity index (χ3n) is 2.75. The lowest BCUT2D eigenvalue weighted by atomic mass is 10.2. The van der Waals surface area contributed by atoms with Crippen LogP contribution in [0.5, 0.6) is 5.75 Å². The number of carbonyl (C=O) groups is 1. The van der Waals surface area contributed by atoms with E-state index in [-0.39, 0.29) is 11.6 Å². The van der Waals surface area contributed by atoms with Gasteiger partial charge in [-0.1, -0.05) is 18.2 Å². The van der Waals surface area contributed by atoms with E-state index >= 15 is 0 Å². The topological polar surface area (TPSA) is 81.5 Å². The van der Waals surface area contributed by atoms with Crippen LogP contribution in [-0.4, -0.2) is 17.4 Å². The van der Waals surface area contributed by atoms with Gasteiger partial charge in [0.1, 0.15) is 5.75 Å². The van der Waals surface area contributed by atoms with Gasteiger partial charge in [0.15, 0.2) is 0 Å². The van der Waals surface area contributed by atoms with Crippen LogP contribution in [0.4, 0.5) is 11.4 Å². The summed E-state index contributed by atoms with van der Waals surface area (Å²) in [5.41, 5.74) is 0.664. The van der Waals surface area contributed by atoms with Crippen LogP contribution in [0.3, 0.4) is 0 Å². The van der Waals surface area contributed by atoms with Crippen molar-refractivity contribution in [2.45, 2.75) is 6.92 Å². The molecular weight excluding hydrogens is 272 g/mol. The van der Waals surface area contributed by atoms with Gasteiger partial charge in [0, 0.05) is 17.8 Å². The summed E-state index contributed by atoms with van der Waals surface area (Å²) in [4.78, 5) is 22.4. The van der Waals surface area contributed by atoms with Gasteiger partial charge < -0.3 is 10.1 Å². The van der Waals surface area contributed by atoms with E-state index in [0.29, 0.717) is 23.6 Å². The Bertz CT molecular complexity index is 670. The van der Waals surface area contributed by atoms with Crippen LogP contribution < -0.4 is 10.1 Å². The number of ether oxygens (including phenoxy) is 1. The summed E-state index contributed by atoms with van der Waals surface area (Å²) >= 11 is 0. The van der Waals surface area contributed by atoms with Gasteiger partial charge in [-0.2, -0.15) is 0 Å². The van der Waals surface area contributed by atoms with Gasteiger partial charge in [0.2, 0.25) is 0 Å². The molecular formula is C15H14N2O4. The molecule has 0 aliphatic rings. The Kier molecular flexibility index (Phi) is 4.50. The Balaban J connectivity index is 2.22. The second kappa shape index (κ2) is 6.51. The molecule has 0 saturated heterocycles. The molecule has 0 unspecified atom stereocenters. The molecule has 0 fully saturated rings. The number of carbonyl (C=O) groups excluding carboxylic acids is 1. The van der Waals surface area contributed by atoms with Crippen LogP contribution in [0.1, 0.15) is 17.3 Å². The standard InChI is InChI=1S/C15H14N2O4/c1-2-21-14-9-4-3-8-13(14)15(18)16-11-6-5-7-12(10-11)17(19)20/h3-10H,2H2,1H3,(H,16,18). The SMILES string of the molecule is CCOc1ccccc1C(=O)Nc1cccc([N+](=O)[O-])c1. The lowest BCUT2D eigenvalue weighted by Crippen LogP contribution is -2.13. The van der Waals surface area contributed by atoms with Gasteiger partial charge in [-0.25, -0.2) is 0 Å². The van der Waals surface area contributed by atoms with Gasteiger partial charge >= 0.3 is 0 Å². The fourth-order valence-corrected chi connectivity index (χ4v) is 1.83. The largest absolute Gasteiger partial charge is 0.493 e. The molecule has 0 heterocycles. The first-order chi connectivity index (χ1) is 10.1. The first kappa shape index (κ1) is 14.5. The summed E-state index contributed by atoms with van der Waals surface area (Å²) in [5, 5.41) is 13.3. The third kappa shape index (κ3) is 3.56. The van der Waals surface area contributed by atoms with E-state index in [9.17, 15) is 14.9 Å². The number of nitrogens with one attached hydrogen (secondary N) is 1. The molecule has 0 atom stereocenters. The molecule has 0 aliphatic carbocycles. The number of amides is 1. The number of benzene rings is 2. The molecule has 2 aromatic carbocycles. The molecule has 6 heteroatoms. The second-order valence-corrected chi connectivity index (χ2v) is 4.19. The van der Waals surface area contributed by atoms with Crippen LogP contribution in [0.25, 0.3) is 0 Å². The molecule has 1 amide bonds. The number of nitrogens with zero attached hydrogens (tertiary/aromatic N) is 1. The Morgan fingerprint density at radius 3 is 2.71 bits per heavy atom. The number of nitro benzene ring substituents is 1. The Morgan fingerprint density at radius 1 is 1.24 bits per heavy atom. The highest BCUT2D eigenvalue weighted by Gasteiger charge is 2.13. The average molecular weight is 286 g/mol. The van der Waals surface area contributed by atoms with Crippen molar-refractivity contribution in [3.63, 3.8) is 0 Å². The van der Waals surface area contributed by atoms with Crippen molar-refractivity contribution in [3.05, 3.63) is 64.2 Å².